The number of hydrogen-bond donors (Lipinski definition) is 0. The van der Waals surface area contributed by atoms with Gasteiger partial charge in [-0.2, -0.15) is 0 Å². The summed E-state index contributed by atoms with van der Waals surface area (Å²) in [5.41, 5.74) is 3.56. The van der Waals surface area contributed by atoms with Crippen LogP contribution in [0.1, 0.15) is 105 Å². The molecule has 6 nitrogen and oxygen atoms in total. The molecule has 0 bridgehead atoms. The number of methoxy groups -OCH3 is 1. The van der Waals surface area contributed by atoms with Gasteiger partial charge in [-0.25, -0.2) is 4.79 Å². The molecular weight excluding hydrogens is 636 g/mol. The van der Waals surface area contributed by atoms with Gasteiger partial charge in [-0.15, -0.1) is 0 Å². The smallest absolute Gasteiger partial charge is 0.344 e. The number of para-hydroxylation sites is 1. The highest BCUT2D eigenvalue weighted by Crippen LogP contribution is 2.67. The molecule has 51 heavy (non-hydrogen) atoms. The van der Waals surface area contributed by atoms with E-state index in [-0.39, 0.29) is 29.5 Å². The van der Waals surface area contributed by atoms with Crippen LogP contribution in [0.25, 0.3) is 22.1 Å². The van der Waals surface area contributed by atoms with Crippen molar-refractivity contribution in [1.82, 2.24) is 0 Å². The zero-order valence-electron chi connectivity index (χ0n) is 31.7. The van der Waals surface area contributed by atoms with Crippen molar-refractivity contribution in [3.63, 3.8) is 0 Å². The standard InChI is InChI=1S/C45H58O6/c1-28(2)10-9-11-29(3)37-18-19-38-34-16-14-30-24-32(20-22-44(30,4)39(34)21-23-45(37,38)5)51-42(46)27-49-31-15-17-35-41(25-31)50-26-36(43(35)47)33-12-7-8-13-40(33)48-6/h7-8,12-15,17,25-26,28-29,32,34,37-39H,9-11,16,18-24,27H2,1-6H3/t29-,32-,34+,37-,38+,39+,44-,45+/m0/s1. The summed E-state index contributed by atoms with van der Waals surface area (Å²) in [7, 11) is 1.58. The first-order chi connectivity index (χ1) is 24.5. The van der Waals surface area contributed by atoms with Crippen molar-refractivity contribution in [1.29, 1.82) is 0 Å². The largest absolute Gasteiger partial charge is 0.496 e. The number of rotatable bonds is 11. The molecule has 3 aromatic rings. The van der Waals surface area contributed by atoms with Crippen LogP contribution in [-0.2, 0) is 9.53 Å². The van der Waals surface area contributed by atoms with Crippen LogP contribution in [0.2, 0.25) is 0 Å². The third kappa shape index (κ3) is 6.77. The van der Waals surface area contributed by atoms with Crippen LogP contribution < -0.4 is 14.9 Å². The van der Waals surface area contributed by atoms with E-state index in [0.717, 1.165) is 54.8 Å². The van der Waals surface area contributed by atoms with Gasteiger partial charge in [0.05, 0.1) is 18.1 Å². The van der Waals surface area contributed by atoms with Gasteiger partial charge in [0.25, 0.3) is 0 Å². The molecule has 1 aromatic heterocycles. The van der Waals surface area contributed by atoms with E-state index in [2.05, 4.69) is 40.7 Å². The maximum absolute atomic E-state index is 13.3. The zero-order valence-corrected chi connectivity index (χ0v) is 31.7. The summed E-state index contributed by atoms with van der Waals surface area (Å²) in [6.45, 7) is 12.3. The van der Waals surface area contributed by atoms with Crippen LogP contribution in [0.5, 0.6) is 11.5 Å². The molecule has 6 heteroatoms. The Labute approximate surface area is 304 Å². The maximum atomic E-state index is 13.3. The van der Waals surface area contributed by atoms with E-state index in [1.54, 1.807) is 25.3 Å². The second-order valence-electron chi connectivity index (χ2n) is 17.3. The van der Waals surface area contributed by atoms with Crippen LogP contribution in [-0.4, -0.2) is 25.8 Å². The molecule has 3 fully saturated rings. The summed E-state index contributed by atoms with van der Waals surface area (Å²) >= 11 is 0. The number of carbonyl (C=O) groups excluding carboxylic acids is 1. The minimum atomic E-state index is -0.362. The topological polar surface area (TPSA) is 75.0 Å². The lowest BCUT2D eigenvalue weighted by Crippen LogP contribution is -2.51. The molecule has 1 heterocycles. The molecule has 0 saturated heterocycles. The normalized spacial score (nSPS) is 30.6. The van der Waals surface area contributed by atoms with Gasteiger partial charge in [0.1, 0.15) is 29.4 Å². The fourth-order valence-electron chi connectivity index (χ4n) is 11.4. The molecule has 3 saturated carbocycles. The van der Waals surface area contributed by atoms with Crippen LogP contribution in [0.3, 0.4) is 0 Å². The van der Waals surface area contributed by atoms with Gasteiger partial charge in [-0.1, -0.05) is 83.7 Å². The Bertz CT molecular complexity index is 1820. The molecule has 0 N–H and O–H groups in total. The average molecular weight is 695 g/mol. The maximum Gasteiger partial charge on any atom is 0.344 e. The first-order valence-corrected chi connectivity index (χ1v) is 19.7. The molecule has 2 aromatic carbocycles. The first kappa shape index (κ1) is 35.8. The van der Waals surface area contributed by atoms with Gasteiger partial charge in [0, 0.05) is 18.1 Å². The first-order valence-electron chi connectivity index (χ1n) is 19.7. The molecule has 274 valence electrons. The Morgan fingerprint density at radius 2 is 1.78 bits per heavy atom. The van der Waals surface area contributed by atoms with E-state index in [1.165, 1.54) is 63.2 Å². The lowest BCUT2D eigenvalue weighted by atomic mass is 9.47. The highest BCUT2D eigenvalue weighted by atomic mass is 16.6. The molecule has 0 amide bonds. The van der Waals surface area contributed by atoms with Crippen molar-refractivity contribution in [3.8, 4) is 22.6 Å². The lowest BCUT2D eigenvalue weighted by Gasteiger charge is -2.58. The Balaban J connectivity index is 0.950. The van der Waals surface area contributed by atoms with Crippen molar-refractivity contribution in [2.45, 2.75) is 111 Å². The van der Waals surface area contributed by atoms with E-state index in [9.17, 15) is 9.59 Å². The monoisotopic (exact) mass is 694 g/mol. The number of ether oxygens (including phenoxy) is 3. The molecule has 4 aliphatic carbocycles. The quantitative estimate of drug-likeness (QED) is 0.147. The molecule has 0 aliphatic heterocycles. The highest BCUT2D eigenvalue weighted by Gasteiger charge is 2.59. The van der Waals surface area contributed by atoms with E-state index in [0.29, 0.717) is 39.0 Å². The van der Waals surface area contributed by atoms with Crippen molar-refractivity contribution < 1.29 is 23.4 Å². The lowest BCUT2D eigenvalue weighted by molar-refractivity contribution is -0.153. The van der Waals surface area contributed by atoms with Crippen LogP contribution in [0, 0.1) is 46.3 Å². The minimum absolute atomic E-state index is 0.114. The fraction of sp³-hybridized carbons (Fsp3) is 0.600. The van der Waals surface area contributed by atoms with E-state index in [4.69, 9.17) is 18.6 Å². The van der Waals surface area contributed by atoms with E-state index >= 15 is 0 Å². The fourth-order valence-corrected chi connectivity index (χ4v) is 11.4. The van der Waals surface area contributed by atoms with Crippen LogP contribution >= 0.6 is 0 Å². The molecule has 7 rings (SSSR count). The van der Waals surface area contributed by atoms with Gasteiger partial charge < -0.3 is 18.6 Å². The molecule has 0 spiro atoms. The summed E-state index contributed by atoms with van der Waals surface area (Å²) < 4.78 is 23.2. The number of esters is 1. The number of benzene rings is 2. The number of carbonyl (C=O) groups is 1. The second-order valence-corrected chi connectivity index (χ2v) is 17.3. The molecule has 4 aliphatic rings. The predicted molar refractivity (Wildman–Crippen MR) is 203 cm³/mol. The second kappa shape index (κ2) is 14.5. The average Bonchev–Trinajstić information content (AvgIpc) is 3.48. The minimum Gasteiger partial charge on any atom is -0.496 e. The predicted octanol–water partition coefficient (Wildman–Crippen LogP) is 10.8. The van der Waals surface area contributed by atoms with Crippen molar-refractivity contribution in [2.75, 3.05) is 13.7 Å². The van der Waals surface area contributed by atoms with E-state index < -0.39 is 0 Å². The molecule has 0 radical (unpaired) electrons. The van der Waals surface area contributed by atoms with Gasteiger partial charge in [0.15, 0.2) is 6.61 Å². The summed E-state index contributed by atoms with van der Waals surface area (Å²) in [4.78, 5) is 26.3. The van der Waals surface area contributed by atoms with Crippen LogP contribution in [0.4, 0.5) is 0 Å². The van der Waals surface area contributed by atoms with Gasteiger partial charge in [-0.3, -0.25) is 4.79 Å². The summed E-state index contributed by atoms with van der Waals surface area (Å²) in [6, 6.07) is 12.4. The third-order valence-corrected chi connectivity index (χ3v) is 14.1. The highest BCUT2D eigenvalue weighted by molar-refractivity contribution is 5.84. The summed E-state index contributed by atoms with van der Waals surface area (Å²) in [6.07, 6.45) is 17.6. The van der Waals surface area contributed by atoms with Crippen molar-refractivity contribution in [2.24, 2.45) is 46.3 Å². The number of allylic oxidation sites excluding steroid dienone is 1. The Hall–Kier alpha value is -3.54. The molecular formula is C45H58O6. The SMILES string of the molecule is COc1ccccc1-c1coc2cc(OCC(=O)O[C@H]3CC[C@@]4(C)C(=CC[C@@H]5[C@H]6CC[C@@H]([C@@H](C)CCCC(C)C)[C@@]6(C)CC[C@H]54)C3)ccc2c1=O. The van der Waals surface area contributed by atoms with Gasteiger partial charge in [-0.05, 0) is 109 Å². The Morgan fingerprint density at radius 1 is 0.961 bits per heavy atom. The summed E-state index contributed by atoms with van der Waals surface area (Å²) in [5.74, 6) is 5.57. The summed E-state index contributed by atoms with van der Waals surface area (Å²) in [5, 5.41) is 0.434. The Morgan fingerprint density at radius 3 is 2.59 bits per heavy atom. The molecule has 0 unspecified atom stereocenters. The zero-order chi connectivity index (χ0) is 35.9. The van der Waals surface area contributed by atoms with Gasteiger partial charge >= 0.3 is 5.97 Å². The number of fused-ring (bicyclic) bond motifs is 6. The van der Waals surface area contributed by atoms with Crippen LogP contribution in [0.15, 0.2) is 69.6 Å². The Kier molecular flexibility index (Phi) is 10.2. The van der Waals surface area contributed by atoms with Crippen molar-refractivity contribution in [3.05, 3.63) is 70.6 Å². The third-order valence-electron chi connectivity index (χ3n) is 14.1. The number of hydrogen-bond acceptors (Lipinski definition) is 6. The van der Waals surface area contributed by atoms with E-state index in [1.807, 2.05) is 24.3 Å². The molecule has 8 atom stereocenters. The van der Waals surface area contributed by atoms with Gasteiger partial charge in [0.2, 0.25) is 5.43 Å². The van der Waals surface area contributed by atoms with Crippen molar-refractivity contribution >= 4 is 16.9 Å².